The van der Waals surface area contributed by atoms with Crippen LogP contribution >= 0.6 is 0 Å². The number of unbranched alkanes of at least 4 members (excludes halogenated alkanes) is 1. The van der Waals surface area contributed by atoms with E-state index in [0.29, 0.717) is 12.7 Å². The molecule has 1 saturated carbocycles. The Hall–Kier alpha value is -0.545. The summed E-state index contributed by atoms with van der Waals surface area (Å²) in [6.45, 7) is 0. The van der Waals surface area contributed by atoms with Crippen LogP contribution < -0.4 is 11.5 Å². The van der Waals surface area contributed by atoms with Gasteiger partial charge in [0.05, 0.1) is 7.85 Å². The predicted molar refractivity (Wildman–Crippen MR) is 64.3 cm³/mol. The smallest absolute Gasteiger partial charge is 0.323 e. The highest BCUT2D eigenvalue weighted by Gasteiger charge is 2.44. The summed E-state index contributed by atoms with van der Waals surface area (Å²) in [5, 5.41) is 9.28. The van der Waals surface area contributed by atoms with Gasteiger partial charge in [-0.3, -0.25) is 4.79 Å². The molecule has 4 nitrogen and oxygen atoms in total. The third-order valence-electron chi connectivity index (χ3n) is 3.64. The standard InChI is InChI=1S/C11H21BN2O2/c12-6-2-1-5-11(14,10(15)16)8-3-4-9(13)7-8/h8-9H,1-7,13-14H2,(H,15,16)/t8?,9-,11-/m1/s1. The topological polar surface area (TPSA) is 89.3 Å². The van der Waals surface area contributed by atoms with Gasteiger partial charge in [-0.2, -0.15) is 0 Å². The van der Waals surface area contributed by atoms with Crippen molar-refractivity contribution >= 4 is 13.8 Å². The zero-order valence-electron chi connectivity index (χ0n) is 9.69. The van der Waals surface area contributed by atoms with E-state index in [-0.39, 0.29) is 12.0 Å². The first-order valence-electron chi connectivity index (χ1n) is 5.98. The van der Waals surface area contributed by atoms with Crippen molar-refractivity contribution in [3.63, 3.8) is 0 Å². The molecule has 0 saturated heterocycles. The van der Waals surface area contributed by atoms with Crippen LogP contribution in [-0.4, -0.2) is 30.5 Å². The molecule has 0 aromatic rings. The molecule has 5 heteroatoms. The maximum absolute atomic E-state index is 11.3. The lowest BCUT2D eigenvalue weighted by Gasteiger charge is -2.31. The number of nitrogens with two attached hydrogens (primary N) is 2. The number of hydrogen-bond donors (Lipinski definition) is 3. The zero-order valence-corrected chi connectivity index (χ0v) is 9.69. The van der Waals surface area contributed by atoms with E-state index in [2.05, 4.69) is 0 Å². The van der Waals surface area contributed by atoms with Crippen molar-refractivity contribution in [2.45, 2.75) is 56.4 Å². The van der Waals surface area contributed by atoms with E-state index in [4.69, 9.17) is 19.3 Å². The molecule has 0 spiro atoms. The lowest BCUT2D eigenvalue weighted by molar-refractivity contribution is -0.146. The Bertz CT molecular complexity index is 250. The molecule has 0 aromatic carbocycles. The SMILES string of the molecule is [B]CCCC[C@](N)(C(=O)O)C1CC[C@@H](N)C1. The number of hydrogen-bond acceptors (Lipinski definition) is 3. The molecular weight excluding hydrogens is 203 g/mol. The van der Waals surface area contributed by atoms with E-state index in [9.17, 15) is 9.90 Å². The summed E-state index contributed by atoms with van der Waals surface area (Å²) in [6, 6.07) is 0.113. The maximum atomic E-state index is 11.3. The fourth-order valence-corrected chi connectivity index (χ4v) is 2.53. The molecule has 3 atom stereocenters. The Morgan fingerprint density at radius 1 is 1.44 bits per heavy atom. The minimum atomic E-state index is -1.11. The Morgan fingerprint density at radius 2 is 2.12 bits per heavy atom. The van der Waals surface area contributed by atoms with Gasteiger partial charge in [-0.25, -0.2) is 0 Å². The van der Waals surface area contributed by atoms with Gasteiger partial charge in [0.15, 0.2) is 0 Å². The highest BCUT2D eigenvalue weighted by Crippen LogP contribution is 2.35. The molecule has 1 aliphatic carbocycles. The summed E-state index contributed by atoms with van der Waals surface area (Å²) in [5.41, 5.74) is 10.8. The molecule has 0 bridgehead atoms. The second-order valence-electron chi connectivity index (χ2n) is 4.86. The van der Waals surface area contributed by atoms with Crippen molar-refractivity contribution in [1.82, 2.24) is 0 Å². The molecule has 0 aromatic heterocycles. The van der Waals surface area contributed by atoms with Crippen molar-refractivity contribution in [2.75, 3.05) is 0 Å². The first-order chi connectivity index (χ1) is 7.50. The van der Waals surface area contributed by atoms with Crippen LogP contribution in [0.3, 0.4) is 0 Å². The molecule has 5 N–H and O–H groups in total. The fourth-order valence-electron chi connectivity index (χ4n) is 2.53. The Labute approximate surface area is 98.2 Å². The first kappa shape index (κ1) is 13.5. The lowest BCUT2D eigenvalue weighted by Crippen LogP contribution is -2.53. The van der Waals surface area contributed by atoms with Gasteiger partial charge >= 0.3 is 5.97 Å². The molecule has 1 aliphatic rings. The van der Waals surface area contributed by atoms with Gasteiger partial charge in [-0.1, -0.05) is 19.2 Å². The van der Waals surface area contributed by atoms with Crippen molar-refractivity contribution in [3.05, 3.63) is 0 Å². The minimum Gasteiger partial charge on any atom is -0.480 e. The van der Waals surface area contributed by atoms with Crippen LogP contribution in [0.5, 0.6) is 0 Å². The van der Waals surface area contributed by atoms with E-state index in [1.807, 2.05) is 0 Å². The van der Waals surface area contributed by atoms with Crippen molar-refractivity contribution in [2.24, 2.45) is 17.4 Å². The van der Waals surface area contributed by atoms with E-state index in [0.717, 1.165) is 32.1 Å². The number of carboxylic acids is 1. The van der Waals surface area contributed by atoms with Gasteiger partial charge < -0.3 is 16.6 Å². The third-order valence-corrected chi connectivity index (χ3v) is 3.64. The lowest BCUT2D eigenvalue weighted by atomic mass is 9.79. The minimum absolute atomic E-state index is 0.0118. The van der Waals surface area contributed by atoms with Crippen LogP contribution in [0, 0.1) is 5.92 Å². The molecular formula is C11H21BN2O2. The Balaban J connectivity index is 2.60. The molecule has 1 rings (SSSR count). The van der Waals surface area contributed by atoms with E-state index in [1.165, 1.54) is 0 Å². The summed E-state index contributed by atoms with van der Waals surface area (Å²) >= 11 is 0. The van der Waals surface area contributed by atoms with Crippen LogP contribution in [0.15, 0.2) is 0 Å². The zero-order chi connectivity index (χ0) is 12.2. The van der Waals surface area contributed by atoms with Gasteiger partial charge in [0.2, 0.25) is 0 Å². The normalized spacial score (nSPS) is 28.9. The Morgan fingerprint density at radius 3 is 2.56 bits per heavy atom. The van der Waals surface area contributed by atoms with Gasteiger partial charge in [0.1, 0.15) is 5.54 Å². The number of carbonyl (C=O) groups is 1. The van der Waals surface area contributed by atoms with Gasteiger partial charge in [0, 0.05) is 6.04 Å². The van der Waals surface area contributed by atoms with Crippen LogP contribution in [0.25, 0.3) is 0 Å². The quantitative estimate of drug-likeness (QED) is 0.456. The highest BCUT2D eigenvalue weighted by atomic mass is 16.4. The van der Waals surface area contributed by atoms with Crippen molar-refractivity contribution in [1.29, 1.82) is 0 Å². The van der Waals surface area contributed by atoms with E-state index in [1.54, 1.807) is 0 Å². The van der Waals surface area contributed by atoms with Crippen molar-refractivity contribution in [3.8, 4) is 0 Å². The average Bonchev–Trinajstić information content (AvgIpc) is 2.65. The van der Waals surface area contributed by atoms with Crippen LogP contribution in [-0.2, 0) is 4.79 Å². The highest BCUT2D eigenvalue weighted by molar-refractivity contribution is 6.08. The number of rotatable bonds is 6. The van der Waals surface area contributed by atoms with E-state index >= 15 is 0 Å². The summed E-state index contributed by atoms with van der Waals surface area (Å²) in [7, 11) is 5.40. The summed E-state index contributed by atoms with van der Waals surface area (Å²) in [6.07, 6.45) is 5.11. The summed E-state index contributed by atoms with van der Waals surface area (Å²) < 4.78 is 0. The third kappa shape index (κ3) is 2.98. The average molecular weight is 224 g/mol. The molecule has 90 valence electrons. The van der Waals surface area contributed by atoms with Crippen LogP contribution in [0.2, 0.25) is 6.32 Å². The van der Waals surface area contributed by atoms with Crippen molar-refractivity contribution < 1.29 is 9.90 Å². The Kier molecular flexibility index (Phi) is 4.80. The largest absolute Gasteiger partial charge is 0.480 e. The monoisotopic (exact) mass is 224 g/mol. The van der Waals surface area contributed by atoms with Crippen LogP contribution in [0.1, 0.15) is 38.5 Å². The molecule has 16 heavy (non-hydrogen) atoms. The number of carboxylic acid groups (broad SMARTS) is 1. The molecule has 2 radical (unpaired) electrons. The van der Waals surface area contributed by atoms with Crippen LogP contribution in [0.4, 0.5) is 0 Å². The van der Waals surface area contributed by atoms with E-state index < -0.39 is 11.5 Å². The summed E-state index contributed by atoms with van der Waals surface area (Å²) in [4.78, 5) is 11.3. The number of aliphatic carboxylic acids is 1. The molecule has 0 aliphatic heterocycles. The molecule has 1 fully saturated rings. The second-order valence-corrected chi connectivity index (χ2v) is 4.86. The van der Waals surface area contributed by atoms with Gasteiger partial charge in [0.25, 0.3) is 0 Å². The maximum Gasteiger partial charge on any atom is 0.323 e. The first-order valence-corrected chi connectivity index (χ1v) is 5.98. The summed E-state index contributed by atoms with van der Waals surface area (Å²) in [5.74, 6) is -0.888. The van der Waals surface area contributed by atoms with Gasteiger partial charge in [-0.15, -0.1) is 0 Å². The molecule has 1 unspecified atom stereocenters. The fraction of sp³-hybridized carbons (Fsp3) is 0.909. The second kappa shape index (κ2) is 5.68. The predicted octanol–water partition coefficient (Wildman–Crippen LogP) is 0.653. The molecule has 0 heterocycles. The van der Waals surface area contributed by atoms with Gasteiger partial charge in [-0.05, 0) is 31.6 Å². The molecule has 0 amide bonds.